The second kappa shape index (κ2) is 4.14. The molecule has 2 N–H and O–H groups in total. The van der Waals surface area contributed by atoms with Gasteiger partial charge >= 0.3 is 0 Å². The molecule has 0 fully saturated rings. The van der Waals surface area contributed by atoms with Gasteiger partial charge in [0, 0.05) is 11.6 Å². The molecule has 2 nitrogen and oxygen atoms in total. The molecule has 0 aliphatic carbocycles. The highest BCUT2D eigenvalue weighted by Crippen LogP contribution is 2.10. The Labute approximate surface area is 76.6 Å². The van der Waals surface area contributed by atoms with Gasteiger partial charge in [-0.3, -0.25) is 4.79 Å². The zero-order valence-electron chi connectivity index (χ0n) is 7.46. The minimum Gasteiger partial charge on any atom is -0.328 e. The van der Waals surface area contributed by atoms with Crippen molar-refractivity contribution in [2.24, 2.45) is 5.73 Å². The number of aldehydes is 1. The van der Waals surface area contributed by atoms with Gasteiger partial charge in [-0.25, -0.2) is 4.39 Å². The Bertz CT molecular complexity index is 310. The van der Waals surface area contributed by atoms with Crippen molar-refractivity contribution in [3.63, 3.8) is 0 Å². The van der Waals surface area contributed by atoms with Crippen molar-refractivity contribution < 1.29 is 9.18 Å². The molecule has 0 heterocycles. The van der Waals surface area contributed by atoms with Gasteiger partial charge in [0.1, 0.15) is 12.1 Å². The number of carbonyl (C=O) groups is 1. The highest BCUT2D eigenvalue weighted by atomic mass is 19.1. The summed E-state index contributed by atoms with van der Waals surface area (Å²) in [4.78, 5) is 10.6. The van der Waals surface area contributed by atoms with Crippen LogP contribution < -0.4 is 5.73 Å². The lowest BCUT2D eigenvalue weighted by Crippen LogP contribution is -2.18. The Morgan fingerprint density at radius 1 is 1.62 bits per heavy atom. The van der Waals surface area contributed by atoms with Crippen LogP contribution in [0.15, 0.2) is 18.2 Å². The van der Waals surface area contributed by atoms with Gasteiger partial charge in [0.2, 0.25) is 0 Å². The van der Waals surface area contributed by atoms with Crippen molar-refractivity contribution in [3.8, 4) is 0 Å². The summed E-state index contributed by atoms with van der Waals surface area (Å²) >= 11 is 0. The van der Waals surface area contributed by atoms with Crippen LogP contribution in [0, 0.1) is 5.82 Å². The fourth-order valence-electron chi connectivity index (χ4n) is 1.21. The number of nitrogens with two attached hydrogens (primary N) is 1. The van der Waals surface area contributed by atoms with Gasteiger partial charge in [-0.2, -0.15) is 0 Å². The van der Waals surface area contributed by atoms with Crippen LogP contribution in [-0.4, -0.2) is 12.3 Å². The summed E-state index contributed by atoms with van der Waals surface area (Å²) in [5, 5.41) is 0. The monoisotopic (exact) mass is 181 g/mol. The van der Waals surface area contributed by atoms with E-state index >= 15 is 0 Å². The molecule has 0 aromatic heterocycles. The van der Waals surface area contributed by atoms with Crippen LogP contribution in [-0.2, 0) is 6.42 Å². The Morgan fingerprint density at radius 2 is 2.31 bits per heavy atom. The lowest BCUT2D eigenvalue weighted by molar-refractivity contribution is 0.112. The lowest BCUT2D eigenvalue weighted by Gasteiger charge is -2.07. The summed E-state index contributed by atoms with van der Waals surface area (Å²) in [6.45, 7) is 1.85. The summed E-state index contributed by atoms with van der Waals surface area (Å²) in [5.41, 5.74) is 6.76. The van der Waals surface area contributed by atoms with Crippen LogP contribution in [0.5, 0.6) is 0 Å². The molecule has 13 heavy (non-hydrogen) atoms. The standard InChI is InChI=1S/C10H12FNO/c1-7(12)4-8-2-3-10(11)5-9(8)6-13/h2-3,5-7H,4,12H2,1H3. The van der Waals surface area contributed by atoms with E-state index in [0.717, 1.165) is 5.56 Å². The van der Waals surface area contributed by atoms with Gasteiger partial charge in [0.05, 0.1) is 0 Å². The predicted octanol–water partition coefficient (Wildman–Crippen LogP) is 1.53. The number of halogens is 1. The molecular weight excluding hydrogens is 169 g/mol. The predicted molar refractivity (Wildman–Crippen MR) is 49.1 cm³/mol. The van der Waals surface area contributed by atoms with E-state index in [9.17, 15) is 9.18 Å². The number of hydrogen-bond donors (Lipinski definition) is 1. The highest BCUT2D eigenvalue weighted by molar-refractivity contribution is 5.77. The Hall–Kier alpha value is -1.22. The van der Waals surface area contributed by atoms with E-state index in [1.807, 2.05) is 6.92 Å². The van der Waals surface area contributed by atoms with Gasteiger partial charge in [0.15, 0.2) is 0 Å². The van der Waals surface area contributed by atoms with Crippen LogP contribution >= 0.6 is 0 Å². The minimum absolute atomic E-state index is 0.0239. The van der Waals surface area contributed by atoms with Crippen LogP contribution in [0.2, 0.25) is 0 Å². The van der Waals surface area contributed by atoms with Gasteiger partial charge in [0.25, 0.3) is 0 Å². The molecule has 3 heteroatoms. The maximum absolute atomic E-state index is 12.7. The molecule has 0 saturated heterocycles. The van der Waals surface area contributed by atoms with Crippen molar-refractivity contribution in [2.45, 2.75) is 19.4 Å². The minimum atomic E-state index is -0.393. The second-order valence-electron chi connectivity index (χ2n) is 3.14. The summed E-state index contributed by atoms with van der Waals surface area (Å²) in [6, 6.07) is 4.14. The van der Waals surface area contributed by atoms with Crippen molar-refractivity contribution >= 4 is 6.29 Å². The van der Waals surface area contributed by atoms with Gasteiger partial charge in [-0.05, 0) is 31.0 Å². The zero-order valence-corrected chi connectivity index (χ0v) is 7.46. The van der Waals surface area contributed by atoms with Gasteiger partial charge < -0.3 is 5.73 Å². The van der Waals surface area contributed by atoms with E-state index < -0.39 is 5.82 Å². The van der Waals surface area contributed by atoms with E-state index in [1.54, 1.807) is 6.07 Å². The molecule has 1 atom stereocenters. The zero-order chi connectivity index (χ0) is 9.84. The smallest absolute Gasteiger partial charge is 0.150 e. The molecular formula is C10H12FNO. The first-order valence-corrected chi connectivity index (χ1v) is 4.12. The topological polar surface area (TPSA) is 43.1 Å². The van der Waals surface area contributed by atoms with Crippen LogP contribution in [0.25, 0.3) is 0 Å². The molecule has 1 rings (SSSR count). The molecule has 0 amide bonds. The van der Waals surface area contributed by atoms with Crippen molar-refractivity contribution in [1.82, 2.24) is 0 Å². The van der Waals surface area contributed by atoms with Crippen LogP contribution in [0.3, 0.4) is 0 Å². The Morgan fingerprint density at radius 3 is 2.85 bits per heavy atom. The molecule has 0 spiro atoms. The fourth-order valence-corrected chi connectivity index (χ4v) is 1.21. The largest absolute Gasteiger partial charge is 0.328 e. The number of carbonyl (C=O) groups excluding carboxylic acids is 1. The third-order valence-corrected chi connectivity index (χ3v) is 1.78. The first-order valence-electron chi connectivity index (χ1n) is 4.12. The SMILES string of the molecule is CC(N)Cc1ccc(F)cc1C=O. The normalized spacial score (nSPS) is 12.5. The maximum atomic E-state index is 12.7. The molecule has 1 unspecified atom stereocenters. The summed E-state index contributed by atoms with van der Waals surface area (Å²) in [7, 11) is 0. The van der Waals surface area contributed by atoms with Crippen molar-refractivity contribution in [3.05, 3.63) is 35.1 Å². The first kappa shape index (κ1) is 9.86. The van der Waals surface area contributed by atoms with E-state index in [-0.39, 0.29) is 6.04 Å². The molecule has 70 valence electrons. The number of rotatable bonds is 3. The molecule has 0 radical (unpaired) electrons. The Kier molecular flexibility index (Phi) is 3.14. The quantitative estimate of drug-likeness (QED) is 0.718. The molecule has 0 aliphatic heterocycles. The molecule has 0 aliphatic rings. The first-order chi connectivity index (χ1) is 6.13. The van der Waals surface area contributed by atoms with E-state index in [4.69, 9.17) is 5.73 Å². The second-order valence-corrected chi connectivity index (χ2v) is 3.14. The average Bonchev–Trinajstić information content (AvgIpc) is 2.07. The molecule has 1 aromatic rings. The maximum Gasteiger partial charge on any atom is 0.150 e. The van der Waals surface area contributed by atoms with Crippen molar-refractivity contribution in [2.75, 3.05) is 0 Å². The fraction of sp³-hybridized carbons (Fsp3) is 0.300. The van der Waals surface area contributed by atoms with E-state index in [0.29, 0.717) is 18.3 Å². The van der Waals surface area contributed by atoms with E-state index in [1.165, 1.54) is 12.1 Å². The summed E-state index contributed by atoms with van der Waals surface area (Å²) in [5.74, 6) is -0.393. The van der Waals surface area contributed by atoms with Crippen LogP contribution in [0.4, 0.5) is 4.39 Å². The third kappa shape index (κ3) is 2.63. The van der Waals surface area contributed by atoms with Gasteiger partial charge in [-0.1, -0.05) is 6.07 Å². The molecule has 0 saturated carbocycles. The molecule has 1 aromatic carbocycles. The Balaban J connectivity index is 2.99. The van der Waals surface area contributed by atoms with Gasteiger partial charge in [-0.15, -0.1) is 0 Å². The lowest BCUT2D eigenvalue weighted by atomic mass is 10.0. The molecule has 0 bridgehead atoms. The van der Waals surface area contributed by atoms with E-state index in [2.05, 4.69) is 0 Å². The number of hydrogen-bond acceptors (Lipinski definition) is 2. The number of benzene rings is 1. The summed E-state index contributed by atoms with van der Waals surface area (Å²) < 4.78 is 12.7. The average molecular weight is 181 g/mol. The summed E-state index contributed by atoms with van der Waals surface area (Å²) in [6.07, 6.45) is 1.25. The highest BCUT2D eigenvalue weighted by Gasteiger charge is 2.05. The third-order valence-electron chi connectivity index (χ3n) is 1.78. The van der Waals surface area contributed by atoms with Crippen molar-refractivity contribution in [1.29, 1.82) is 0 Å². The van der Waals surface area contributed by atoms with Crippen LogP contribution in [0.1, 0.15) is 22.8 Å².